The van der Waals surface area contributed by atoms with Crippen LogP contribution in [0.2, 0.25) is 0 Å². The molecule has 0 saturated carbocycles. The molecule has 14 heteroatoms. The SMILES string of the molecule is O=Cc1ccc2c(c1)c1cc(C=O)ccc1c1c2nc(-c2cccc3ccccc23)n1-c1ccccc1.O=[N+]([O-])c1ccccc1Nc1ccccc1.c1ccc(-n2c(-c3ccc4c(c3)c3cc(-c5nc6ccccc6n5-c5ccccc5)ccc3c3c4nc(-c4cccc5ccccc45)n3-c3ccccc3)nc3ccccc32)cc1. The van der Waals surface area contributed by atoms with Gasteiger partial charge in [0.2, 0.25) is 0 Å². The number of rotatable bonds is 13. The van der Waals surface area contributed by atoms with E-state index in [0.717, 1.165) is 190 Å². The van der Waals surface area contributed by atoms with E-state index in [2.05, 4.69) is 284 Å². The first kappa shape index (κ1) is 69.2. The average Bonchev–Trinajstić information content (AvgIpc) is 1.52. The lowest BCUT2D eigenvalue weighted by Gasteiger charge is -2.15. The van der Waals surface area contributed by atoms with Crippen LogP contribution in [0.4, 0.5) is 17.1 Å². The van der Waals surface area contributed by atoms with E-state index >= 15 is 0 Å². The topological polar surface area (TPSA) is 161 Å². The monoisotopic (exact) mass is 1490 g/mol. The number of anilines is 2. The van der Waals surface area contributed by atoms with Crippen molar-refractivity contribution in [1.82, 2.24) is 38.2 Å². The molecule has 0 atom stereocenters. The summed E-state index contributed by atoms with van der Waals surface area (Å²) in [6, 6.07) is 129. The largest absolute Gasteiger partial charge is 0.350 e. The van der Waals surface area contributed by atoms with E-state index in [1.54, 1.807) is 18.2 Å². The van der Waals surface area contributed by atoms with E-state index in [-0.39, 0.29) is 5.69 Å². The van der Waals surface area contributed by atoms with Gasteiger partial charge in [-0.25, -0.2) is 19.9 Å². The minimum absolute atomic E-state index is 0.0753. The first-order valence-electron chi connectivity index (χ1n) is 38.2. The minimum Gasteiger partial charge on any atom is -0.350 e. The smallest absolute Gasteiger partial charge is 0.292 e. The summed E-state index contributed by atoms with van der Waals surface area (Å²) in [5.41, 5.74) is 18.7. The Morgan fingerprint density at radius 2 is 0.655 bits per heavy atom. The molecule has 0 aliphatic rings. The number of nitro groups is 1. The quantitative estimate of drug-likeness (QED) is 0.0513. The zero-order valence-corrected chi connectivity index (χ0v) is 62.2. The molecule has 116 heavy (non-hydrogen) atoms. The van der Waals surface area contributed by atoms with Gasteiger partial charge in [0.1, 0.15) is 41.6 Å². The van der Waals surface area contributed by atoms with Gasteiger partial charge in [-0.05, 0) is 158 Å². The van der Waals surface area contributed by atoms with E-state index in [0.29, 0.717) is 16.8 Å². The van der Waals surface area contributed by atoms with Gasteiger partial charge in [0.25, 0.3) is 5.69 Å². The molecule has 0 aliphatic carbocycles. The van der Waals surface area contributed by atoms with Gasteiger partial charge >= 0.3 is 0 Å². The Morgan fingerprint density at radius 1 is 0.293 bits per heavy atom. The lowest BCUT2D eigenvalue weighted by molar-refractivity contribution is -0.383. The second-order valence-electron chi connectivity index (χ2n) is 28.5. The van der Waals surface area contributed by atoms with Crippen LogP contribution in [-0.4, -0.2) is 55.7 Å². The Hall–Kier alpha value is -16.1. The van der Waals surface area contributed by atoms with E-state index in [4.69, 9.17) is 19.9 Å². The van der Waals surface area contributed by atoms with Crippen molar-refractivity contribution in [3.8, 4) is 68.3 Å². The summed E-state index contributed by atoms with van der Waals surface area (Å²) < 4.78 is 9.12. The van der Waals surface area contributed by atoms with E-state index in [1.807, 2.05) is 97.1 Å². The molecule has 0 saturated heterocycles. The predicted molar refractivity (Wildman–Crippen MR) is 472 cm³/mol. The summed E-state index contributed by atoms with van der Waals surface area (Å²) in [5.74, 6) is 3.50. The number of hydrogen-bond donors (Lipinski definition) is 1. The lowest BCUT2D eigenvalue weighted by atomic mass is 9.96. The maximum Gasteiger partial charge on any atom is 0.292 e. The Bertz CT molecular complexity index is 7620. The number of nitro benzene ring substituents is 1. The van der Waals surface area contributed by atoms with Gasteiger partial charge in [-0.3, -0.25) is 38.0 Å². The Morgan fingerprint density at radius 3 is 1.13 bits per heavy atom. The maximum atomic E-state index is 11.7. The predicted octanol–water partition coefficient (Wildman–Crippen LogP) is 25.3. The Labute approximate surface area is 664 Å². The highest BCUT2D eigenvalue weighted by molar-refractivity contribution is 6.27. The summed E-state index contributed by atoms with van der Waals surface area (Å²) in [6.07, 6.45) is 1.71. The molecule has 0 unspecified atom stereocenters. The van der Waals surface area contributed by atoms with Crippen LogP contribution in [0.25, 0.3) is 177 Å². The Balaban J connectivity index is 0.000000137. The first-order chi connectivity index (χ1) is 57.3. The summed E-state index contributed by atoms with van der Waals surface area (Å²) in [6.45, 7) is 0. The zero-order chi connectivity index (χ0) is 77.7. The fourth-order valence-corrected chi connectivity index (χ4v) is 16.5. The first-order valence-corrected chi connectivity index (χ1v) is 38.2. The number of carbonyl (C=O) groups excluding carboxylic acids is 2. The number of carbonyl (C=O) groups is 2. The van der Waals surface area contributed by atoms with Gasteiger partial charge in [-0.2, -0.15) is 0 Å². The van der Waals surface area contributed by atoms with E-state index < -0.39 is 4.92 Å². The van der Waals surface area contributed by atoms with Crippen LogP contribution in [0.5, 0.6) is 0 Å². The molecular formula is C102H66N10O4. The highest BCUT2D eigenvalue weighted by Gasteiger charge is 2.27. The number of aromatic nitrogens is 8. The van der Waals surface area contributed by atoms with Gasteiger partial charge in [-0.1, -0.05) is 261 Å². The second kappa shape index (κ2) is 29.3. The van der Waals surface area contributed by atoms with Crippen molar-refractivity contribution in [1.29, 1.82) is 0 Å². The van der Waals surface area contributed by atoms with Crippen LogP contribution in [0.15, 0.2) is 382 Å². The average molecular weight is 1500 g/mol. The number of nitrogens with zero attached hydrogens (tertiary/aromatic N) is 9. The van der Waals surface area contributed by atoms with Crippen molar-refractivity contribution in [2.45, 2.75) is 0 Å². The molecule has 0 spiro atoms. The summed E-state index contributed by atoms with van der Waals surface area (Å²) in [7, 11) is 0. The third kappa shape index (κ3) is 12.2. The minimum atomic E-state index is -0.398. The molecule has 18 aromatic carbocycles. The fourth-order valence-electron chi connectivity index (χ4n) is 16.5. The molecule has 4 heterocycles. The molecule has 1 N–H and O–H groups in total. The number of aldehydes is 2. The second-order valence-corrected chi connectivity index (χ2v) is 28.5. The van der Waals surface area contributed by atoms with Crippen molar-refractivity contribution < 1.29 is 14.5 Å². The normalized spacial score (nSPS) is 11.4. The fraction of sp³-hybridized carbons (Fsp3) is 0. The Kier molecular flexibility index (Phi) is 17.5. The van der Waals surface area contributed by atoms with Crippen molar-refractivity contribution in [2.75, 3.05) is 5.32 Å². The molecule has 4 aromatic heterocycles. The van der Waals surface area contributed by atoms with Crippen molar-refractivity contribution in [3.63, 3.8) is 0 Å². The van der Waals surface area contributed by atoms with Crippen LogP contribution >= 0.6 is 0 Å². The summed E-state index contributed by atoms with van der Waals surface area (Å²) in [5, 5.41) is 26.5. The zero-order valence-electron chi connectivity index (χ0n) is 62.2. The molecule has 548 valence electrons. The highest BCUT2D eigenvalue weighted by atomic mass is 16.6. The van der Waals surface area contributed by atoms with Crippen LogP contribution < -0.4 is 5.32 Å². The molecule has 0 radical (unpaired) electrons. The van der Waals surface area contributed by atoms with Gasteiger partial charge < -0.3 is 5.32 Å². The van der Waals surface area contributed by atoms with Gasteiger partial charge in [-0.15, -0.1) is 0 Å². The standard InChI is InChI=1S/C57H36N6.C33H20N2O2.C12H10N2O2/c1-4-19-40(20-5-1)61-51-29-14-12-27-49(51)58-55(61)38-31-33-44-47(35-38)48-36-39(56-59-50-28-13-15-30-52(50)62(56)41-21-6-2-7-22-41)32-34-45(48)54-53(44)60-57(63(54)42-23-8-3-9-24-42)46-26-16-18-37-17-10-11-25-43(37)46;36-19-21-13-15-26-29(17-21)30-18-22(20-37)14-16-27(30)32-31(26)34-33(35(32)24-9-2-1-3-10-24)28-12-6-8-23-7-4-5-11-25(23)28;15-14(16)12-9-5-4-8-11(12)13-10-6-2-1-3-7-10/h1-36H;1-20H;1-9,13H. The van der Waals surface area contributed by atoms with Gasteiger partial charge in [0.05, 0.1) is 49.1 Å². The molecule has 14 nitrogen and oxygen atoms in total. The number of nitrogens with one attached hydrogen (secondary N) is 1. The summed E-state index contributed by atoms with van der Waals surface area (Å²) in [4.78, 5) is 55.3. The number of para-hydroxylation sites is 11. The van der Waals surface area contributed by atoms with Crippen LogP contribution in [-0.2, 0) is 0 Å². The number of benzene rings is 18. The van der Waals surface area contributed by atoms with Crippen molar-refractivity contribution in [2.24, 2.45) is 0 Å². The molecule has 22 rings (SSSR count). The van der Waals surface area contributed by atoms with E-state index in [9.17, 15) is 19.7 Å². The molecule has 0 amide bonds. The van der Waals surface area contributed by atoms with Crippen molar-refractivity contribution in [3.05, 3.63) is 403 Å². The van der Waals surface area contributed by atoms with Gasteiger partial charge in [0.15, 0.2) is 0 Å². The lowest BCUT2D eigenvalue weighted by Crippen LogP contribution is -1.99. The van der Waals surface area contributed by atoms with Crippen LogP contribution in [0, 0.1) is 10.1 Å². The molecule has 0 aliphatic heterocycles. The van der Waals surface area contributed by atoms with Crippen LogP contribution in [0.1, 0.15) is 20.7 Å². The summed E-state index contributed by atoms with van der Waals surface area (Å²) >= 11 is 0. The number of fused-ring (bicyclic) bond motifs is 16. The molecule has 0 bridgehead atoms. The van der Waals surface area contributed by atoms with E-state index in [1.165, 1.54) is 11.5 Å². The highest BCUT2D eigenvalue weighted by Crippen LogP contribution is 2.46. The molecule has 0 fully saturated rings. The molecular weight excluding hydrogens is 1430 g/mol. The third-order valence-electron chi connectivity index (χ3n) is 21.7. The number of imidazole rings is 4. The molecule has 22 aromatic rings. The van der Waals surface area contributed by atoms with Crippen LogP contribution in [0.3, 0.4) is 0 Å². The van der Waals surface area contributed by atoms with Crippen molar-refractivity contribution >= 4 is 138 Å². The van der Waals surface area contributed by atoms with Gasteiger partial charge in [0, 0.05) is 89.4 Å². The third-order valence-corrected chi connectivity index (χ3v) is 21.7. The number of hydrogen-bond acceptors (Lipinski definition) is 9. The maximum absolute atomic E-state index is 11.7.